The van der Waals surface area contributed by atoms with Crippen LogP contribution in [-0.2, 0) is 7.05 Å². The molecule has 0 aliphatic rings. The highest BCUT2D eigenvalue weighted by Crippen LogP contribution is 2.25. The second-order valence-electron chi connectivity index (χ2n) is 4.44. The summed E-state index contributed by atoms with van der Waals surface area (Å²) < 4.78 is 1.84. The first kappa shape index (κ1) is 11.9. The van der Waals surface area contributed by atoms with Crippen LogP contribution < -0.4 is 5.73 Å². The maximum atomic E-state index is 6.06. The van der Waals surface area contributed by atoms with E-state index in [4.69, 9.17) is 5.73 Å². The van der Waals surface area contributed by atoms with Gasteiger partial charge in [0, 0.05) is 24.8 Å². The lowest BCUT2D eigenvalue weighted by atomic mass is 9.99. The van der Waals surface area contributed by atoms with Crippen molar-refractivity contribution in [3.05, 3.63) is 41.7 Å². The molecule has 3 heteroatoms. The topological polar surface area (TPSA) is 43.8 Å². The Labute approximate surface area is 102 Å². The number of benzene rings is 1. The van der Waals surface area contributed by atoms with Crippen LogP contribution in [0.15, 0.2) is 30.5 Å². The Morgan fingerprint density at radius 1 is 1.41 bits per heavy atom. The van der Waals surface area contributed by atoms with E-state index in [0.717, 1.165) is 12.1 Å². The number of nitrogens with zero attached hydrogens (tertiary/aromatic N) is 2. The molecule has 2 rings (SSSR count). The van der Waals surface area contributed by atoms with Crippen molar-refractivity contribution in [2.75, 3.05) is 0 Å². The molecule has 1 aromatic heterocycles. The molecule has 17 heavy (non-hydrogen) atoms. The minimum absolute atomic E-state index is 0.118. The van der Waals surface area contributed by atoms with Gasteiger partial charge in [-0.1, -0.05) is 25.1 Å². The quantitative estimate of drug-likeness (QED) is 0.879. The first-order valence-electron chi connectivity index (χ1n) is 5.98. The van der Waals surface area contributed by atoms with E-state index in [1.54, 1.807) is 0 Å². The molecule has 0 spiro atoms. The molecular weight excluding hydrogens is 210 g/mol. The van der Waals surface area contributed by atoms with Crippen molar-refractivity contribution in [1.82, 2.24) is 9.78 Å². The van der Waals surface area contributed by atoms with E-state index in [9.17, 15) is 0 Å². The maximum absolute atomic E-state index is 6.06. The summed E-state index contributed by atoms with van der Waals surface area (Å²) in [5, 5.41) is 4.37. The third-order valence-electron chi connectivity index (χ3n) is 3.08. The van der Waals surface area contributed by atoms with Gasteiger partial charge in [0.15, 0.2) is 0 Å². The van der Waals surface area contributed by atoms with E-state index < -0.39 is 0 Å². The van der Waals surface area contributed by atoms with Crippen LogP contribution in [0.5, 0.6) is 0 Å². The monoisotopic (exact) mass is 229 g/mol. The Morgan fingerprint density at radius 2 is 2.18 bits per heavy atom. The third-order valence-corrected chi connectivity index (χ3v) is 3.08. The molecule has 1 atom stereocenters. The van der Waals surface area contributed by atoms with Crippen LogP contribution in [-0.4, -0.2) is 9.78 Å². The maximum Gasteiger partial charge on any atom is 0.0671 e. The predicted molar refractivity (Wildman–Crippen MR) is 70.6 cm³/mol. The number of hydrogen-bond acceptors (Lipinski definition) is 2. The van der Waals surface area contributed by atoms with Crippen molar-refractivity contribution in [2.45, 2.75) is 26.3 Å². The smallest absolute Gasteiger partial charge is 0.0671 e. The molecule has 1 heterocycles. The van der Waals surface area contributed by atoms with Crippen LogP contribution in [0.4, 0.5) is 0 Å². The Balaban J connectivity index is 2.43. The van der Waals surface area contributed by atoms with Gasteiger partial charge in [-0.05, 0) is 30.5 Å². The summed E-state index contributed by atoms with van der Waals surface area (Å²) >= 11 is 0. The molecule has 1 unspecified atom stereocenters. The molecule has 0 saturated heterocycles. The van der Waals surface area contributed by atoms with E-state index in [-0.39, 0.29) is 6.04 Å². The highest BCUT2D eigenvalue weighted by Gasteiger charge is 2.08. The molecule has 2 N–H and O–H groups in total. The molecule has 3 nitrogen and oxygen atoms in total. The van der Waals surface area contributed by atoms with Crippen LogP contribution in [0.2, 0.25) is 0 Å². The summed E-state index contributed by atoms with van der Waals surface area (Å²) in [7, 11) is 1.94. The van der Waals surface area contributed by atoms with Crippen LogP contribution in [0, 0.1) is 6.92 Å². The zero-order valence-electron chi connectivity index (χ0n) is 10.6. The number of hydrogen-bond donors (Lipinski definition) is 1. The third kappa shape index (κ3) is 2.39. The van der Waals surface area contributed by atoms with Gasteiger partial charge in [-0.3, -0.25) is 4.68 Å². The number of rotatable bonds is 3. The first-order valence-corrected chi connectivity index (χ1v) is 5.98. The fraction of sp³-hybridized carbons (Fsp3) is 0.357. The molecule has 0 amide bonds. The van der Waals surface area contributed by atoms with E-state index in [2.05, 4.69) is 36.3 Å². The zero-order chi connectivity index (χ0) is 12.4. The SMILES string of the molecule is CCC(N)c1cccc(-c2cn(C)nc2C)c1. The van der Waals surface area contributed by atoms with Crippen LogP contribution in [0.3, 0.4) is 0 Å². The lowest BCUT2D eigenvalue weighted by Crippen LogP contribution is -2.08. The Bertz CT molecular complexity index is 514. The summed E-state index contributed by atoms with van der Waals surface area (Å²) in [5.74, 6) is 0. The second-order valence-corrected chi connectivity index (χ2v) is 4.44. The minimum Gasteiger partial charge on any atom is -0.324 e. The van der Waals surface area contributed by atoms with Crippen molar-refractivity contribution < 1.29 is 0 Å². The molecule has 90 valence electrons. The van der Waals surface area contributed by atoms with Gasteiger partial charge in [0.25, 0.3) is 0 Å². The summed E-state index contributed by atoms with van der Waals surface area (Å²) in [6.45, 7) is 4.13. The van der Waals surface area contributed by atoms with Gasteiger partial charge in [-0.25, -0.2) is 0 Å². The molecule has 0 aliphatic carbocycles. The normalized spacial score (nSPS) is 12.7. The van der Waals surface area contributed by atoms with Crippen molar-refractivity contribution >= 4 is 0 Å². The van der Waals surface area contributed by atoms with E-state index in [1.807, 2.05) is 24.9 Å². The molecule has 0 bridgehead atoms. The van der Waals surface area contributed by atoms with Gasteiger partial charge in [0.2, 0.25) is 0 Å². The standard InChI is InChI=1S/C14H19N3/c1-4-14(15)12-7-5-6-11(8-12)13-9-17(3)16-10(13)2/h5-9,14H,4,15H2,1-3H3. The van der Waals surface area contributed by atoms with Gasteiger partial charge >= 0.3 is 0 Å². The van der Waals surface area contributed by atoms with E-state index >= 15 is 0 Å². The number of aromatic nitrogens is 2. The molecular formula is C14H19N3. The Kier molecular flexibility index (Phi) is 3.29. The van der Waals surface area contributed by atoms with Crippen molar-refractivity contribution in [3.8, 4) is 11.1 Å². The Hall–Kier alpha value is -1.61. The zero-order valence-corrected chi connectivity index (χ0v) is 10.6. The largest absolute Gasteiger partial charge is 0.324 e. The summed E-state index contributed by atoms with van der Waals surface area (Å²) in [6.07, 6.45) is 3.00. The minimum atomic E-state index is 0.118. The van der Waals surface area contributed by atoms with Crippen molar-refractivity contribution in [3.63, 3.8) is 0 Å². The molecule has 1 aromatic carbocycles. The lowest BCUT2D eigenvalue weighted by Gasteiger charge is -2.10. The van der Waals surface area contributed by atoms with Crippen molar-refractivity contribution in [2.24, 2.45) is 12.8 Å². The van der Waals surface area contributed by atoms with E-state index in [1.165, 1.54) is 16.7 Å². The highest BCUT2D eigenvalue weighted by atomic mass is 15.2. The van der Waals surface area contributed by atoms with Crippen LogP contribution in [0.1, 0.15) is 30.6 Å². The highest BCUT2D eigenvalue weighted by molar-refractivity contribution is 5.65. The van der Waals surface area contributed by atoms with E-state index in [0.29, 0.717) is 0 Å². The summed E-state index contributed by atoms with van der Waals surface area (Å²) in [6, 6.07) is 8.54. The molecule has 0 radical (unpaired) electrons. The Morgan fingerprint density at radius 3 is 2.76 bits per heavy atom. The second kappa shape index (κ2) is 4.72. The predicted octanol–water partition coefficient (Wildman–Crippen LogP) is 2.81. The van der Waals surface area contributed by atoms with Crippen LogP contribution >= 0.6 is 0 Å². The molecule has 0 saturated carbocycles. The number of aryl methyl sites for hydroxylation is 2. The molecule has 2 aromatic rings. The summed E-state index contributed by atoms with van der Waals surface area (Å²) in [5.41, 5.74) is 10.7. The fourth-order valence-electron chi connectivity index (χ4n) is 2.06. The van der Waals surface area contributed by atoms with Crippen molar-refractivity contribution in [1.29, 1.82) is 0 Å². The van der Waals surface area contributed by atoms with Gasteiger partial charge in [-0.15, -0.1) is 0 Å². The van der Waals surface area contributed by atoms with Gasteiger partial charge in [0.1, 0.15) is 0 Å². The average molecular weight is 229 g/mol. The fourth-order valence-corrected chi connectivity index (χ4v) is 2.06. The number of nitrogens with two attached hydrogens (primary N) is 1. The first-order chi connectivity index (χ1) is 8.11. The summed E-state index contributed by atoms with van der Waals surface area (Å²) in [4.78, 5) is 0. The lowest BCUT2D eigenvalue weighted by molar-refractivity contribution is 0.699. The van der Waals surface area contributed by atoms with Gasteiger partial charge in [-0.2, -0.15) is 5.10 Å². The van der Waals surface area contributed by atoms with Gasteiger partial charge < -0.3 is 5.73 Å². The molecule has 0 aliphatic heterocycles. The van der Waals surface area contributed by atoms with Crippen LogP contribution in [0.25, 0.3) is 11.1 Å². The molecule has 0 fully saturated rings. The average Bonchev–Trinajstić information content (AvgIpc) is 2.67. The van der Waals surface area contributed by atoms with Gasteiger partial charge in [0.05, 0.1) is 5.69 Å².